The van der Waals surface area contributed by atoms with Gasteiger partial charge in [-0.2, -0.15) is 0 Å². The molecule has 0 aliphatic heterocycles. The number of rotatable bonds is 0. The topological polar surface area (TPSA) is 40.5 Å². The van der Waals surface area contributed by atoms with E-state index in [4.69, 9.17) is 0 Å². The van der Waals surface area contributed by atoms with Crippen LogP contribution in [0.15, 0.2) is 22.8 Å². The number of hydrogen-bond acceptors (Lipinski definition) is 2. The van der Waals surface area contributed by atoms with E-state index in [2.05, 4.69) is 13.0 Å². The Morgan fingerprint density at radius 2 is 2.00 bits per heavy atom. The van der Waals surface area contributed by atoms with Gasteiger partial charge >= 0.3 is 0 Å². The molecule has 20 heavy (non-hydrogen) atoms. The van der Waals surface area contributed by atoms with Crippen molar-refractivity contribution in [2.45, 2.75) is 70.5 Å². The molecule has 2 heteroatoms. The Labute approximate surface area is 121 Å². The van der Waals surface area contributed by atoms with E-state index in [1.165, 1.54) is 24.8 Å². The lowest BCUT2D eigenvalue weighted by Crippen LogP contribution is -2.40. The average molecular weight is 274 g/mol. The minimum absolute atomic E-state index is 0.0992. The van der Waals surface area contributed by atoms with Crippen LogP contribution in [0.4, 0.5) is 0 Å². The van der Waals surface area contributed by atoms with Crippen LogP contribution in [0, 0.1) is 17.3 Å². The van der Waals surface area contributed by atoms with E-state index in [0.29, 0.717) is 11.8 Å². The van der Waals surface area contributed by atoms with Crippen LogP contribution in [0.25, 0.3) is 0 Å². The molecule has 2 fully saturated rings. The van der Waals surface area contributed by atoms with Gasteiger partial charge in [0.25, 0.3) is 0 Å². The second-order valence-electron chi connectivity index (χ2n) is 7.68. The molecular formula is C18H26O2. The lowest BCUT2D eigenvalue weighted by Gasteiger charge is -2.47. The fourth-order valence-corrected chi connectivity index (χ4v) is 5.52. The normalized spacial score (nSPS) is 47.5. The molecule has 0 amide bonds. The predicted molar refractivity (Wildman–Crippen MR) is 79.1 cm³/mol. The van der Waals surface area contributed by atoms with Gasteiger partial charge < -0.3 is 10.2 Å². The molecule has 2 saturated carbocycles. The van der Waals surface area contributed by atoms with E-state index < -0.39 is 0 Å². The summed E-state index contributed by atoms with van der Waals surface area (Å²) in [7, 11) is 0. The van der Waals surface area contributed by atoms with Crippen molar-refractivity contribution in [1.29, 1.82) is 0 Å². The van der Waals surface area contributed by atoms with Gasteiger partial charge in [0.15, 0.2) is 0 Å². The number of fused-ring (bicyclic) bond motifs is 4. The van der Waals surface area contributed by atoms with E-state index in [9.17, 15) is 10.2 Å². The number of hydrogen-bond donors (Lipinski definition) is 2. The lowest BCUT2D eigenvalue weighted by atomic mass is 9.58. The van der Waals surface area contributed by atoms with Crippen LogP contribution in [-0.4, -0.2) is 22.4 Å². The molecule has 5 atom stereocenters. The fourth-order valence-electron chi connectivity index (χ4n) is 5.52. The molecule has 0 aromatic heterocycles. The van der Waals surface area contributed by atoms with E-state index in [1.54, 1.807) is 11.1 Å². The molecule has 4 aliphatic rings. The molecule has 2 N–H and O–H groups in total. The lowest BCUT2D eigenvalue weighted by molar-refractivity contribution is 0.0232. The highest BCUT2D eigenvalue weighted by Gasteiger charge is 2.52. The van der Waals surface area contributed by atoms with Crippen LogP contribution < -0.4 is 0 Å². The molecule has 2 unspecified atom stereocenters. The Bertz CT molecular complexity index is 490. The Kier molecular flexibility index (Phi) is 2.91. The Balaban J connectivity index is 1.66. The molecule has 0 spiro atoms. The van der Waals surface area contributed by atoms with Crippen LogP contribution in [-0.2, 0) is 0 Å². The van der Waals surface area contributed by atoms with Crippen molar-refractivity contribution in [3.63, 3.8) is 0 Å². The van der Waals surface area contributed by atoms with E-state index in [-0.39, 0.29) is 17.6 Å². The molecule has 0 bridgehead atoms. The third kappa shape index (κ3) is 1.70. The number of aliphatic hydroxyl groups is 2. The first-order valence-electron chi connectivity index (χ1n) is 8.36. The van der Waals surface area contributed by atoms with Crippen LogP contribution in [0.2, 0.25) is 0 Å². The molecule has 0 saturated heterocycles. The molecule has 4 aliphatic carbocycles. The van der Waals surface area contributed by atoms with Gasteiger partial charge in [0, 0.05) is 11.3 Å². The van der Waals surface area contributed by atoms with E-state index >= 15 is 0 Å². The zero-order chi connectivity index (χ0) is 13.9. The first-order valence-corrected chi connectivity index (χ1v) is 8.36. The van der Waals surface area contributed by atoms with Gasteiger partial charge in [-0.3, -0.25) is 0 Å². The van der Waals surface area contributed by atoms with E-state index in [1.807, 2.05) is 0 Å². The van der Waals surface area contributed by atoms with Gasteiger partial charge in [-0.25, -0.2) is 0 Å². The molecule has 4 rings (SSSR count). The fraction of sp³-hybridized carbons (Fsp3) is 0.778. The third-order valence-corrected chi connectivity index (χ3v) is 6.75. The molecule has 0 heterocycles. The second-order valence-corrected chi connectivity index (χ2v) is 7.68. The highest BCUT2D eigenvalue weighted by atomic mass is 16.3. The number of aliphatic hydroxyl groups excluding tert-OH is 2. The van der Waals surface area contributed by atoms with Crippen molar-refractivity contribution in [3.05, 3.63) is 22.8 Å². The highest BCUT2D eigenvalue weighted by molar-refractivity contribution is 5.39. The van der Waals surface area contributed by atoms with Gasteiger partial charge in [0.1, 0.15) is 0 Å². The second kappa shape index (κ2) is 4.45. The Morgan fingerprint density at radius 3 is 2.85 bits per heavy atom. The van der Waals surface area contributed by atoms with Crippen LogP contribution in [0.5, 0.6) is 0 Å². The standard InChI is InChI=1S/C18H26O2/c1-18-9-8-14-13-5-3-12(19)10-11(13)2-4-15(14)16(18)6-7-17(18)20/h4,12,14,16-17,19-20H,2-3,5-10H2,1H3/t12?,14-,16+,17?,18+/m1/s1. The summed E-state index contributed by atoms with van der Waals surface area (Å²) < 4.78 is 0. The maximum atomic E-state index is 10.4. The molecule has 2 nitrogen and oxygen atoms in total. The van der Waals surface area contributed by atoms with Crippen molar-refractivity contribution >= 4 is 0 Å². The maximum absolute atomic E-state index is 10.4. The average Bonchev–Trinajstić information content (AvgIpc) is 2.74. The van der Waals surface area contributed by atoms with Crippen molar-refractivity contribution in [2.75, 3.05) is 0 Å². The summed E-state index contributed by atoms with van der Waals surface area (Å²) in [5.41, 5.74) is 4.97. The zero-order valence-electron chi connectivity index (χ0n) is 12.4. The Hall–Kier alpha value is -0.600. The summed E-state index contributed by atoms with van der Waals surface area (Å²) in [6.07, 6.45) is 10.8. The molecule has 0 aromatic rings. The summed E-state index contributed by atoms with van der Waals surface area (Å²) in [6.45, 7) is 2.31. The summed E-state index contributed by atoms with van der Waals surface area (Å²) in [5, 5.41) is 20.3. The molecule has 0 aromatic carbocycles. The van der Waals surface area contributed by atoms with Gasteiger partial charge in [-0.05, 0) is 57.3 Å². The van der Waals surface area contributed by atoms with Crippen molar-refractivity contribution in [3.8, 4) is 0 Å². The van der Waals surface area contributed by atoms with Crippen LogP contribution >= 0.6 is 0 Å². The van der Waals surface area contributed by atoms with Gasteiger partial charge in [-0.15, -0.1) is 0 Å². The minimum Gasteiger partial charge on any atom is -0.393 e. The van der Waals surface area contributed by atoms with Crippen molar-refractivity contribution < 1.29 is 10.2 Å². The first kappa shape index (κ1) is 13.1. The van der Waals surface area contributed by atoms with Gasteiger partial charge in [0.05, 0.1) is 12.2 Å². The first-order chi connectivity index (χ1) is 9.59. The predicted octanol–water partition coefficient (Wildman–Crippen LogP) is 3.35. The summed E-state index contributed by atoms with van der Waals surface area (Å²) >= 11 is 0. The molecular weight excluding hydrogens is 248 g/mol. The van der Waals surface area contributed by atoms with Crippen molar-refractivity contribution in [1.82, 2.24) is 0 Å². The molecule has 0 radical (unpaired) electrons. The summed E-state index contributed by atoms with van der Waals surface area (Å²) in [5.74, 6) is 1.26. The monoisotopic (exact) mass is 274 g/mol. The SMILES string of the molecule is C[C@]12CC[C@H]3C(=CCC4=C3CCC(O)C4)[C@@H]1CCC2O. The quantitative estimate of drug-likeness (QED) is 0.665. The van der Waals surface area contributed by atoms with Gasteiger partial charge in [-0.1, -0.05) is 29.7 Å². The number of allylic oxidation sites excluding steroid dienone is 3. The Morgan fingerprint density at radius 1 is 1.15 bits per heavy atom. The highest BCUT2D eigenvalue weighted by Crippen LogP contribution is 2.59. The third-order valence-electron chi connectivity index (χ3n) is 6.75. The summed E-state index contributed by atoms with van der Waals surface area (Å²) in [4.78, 5) is 0. The zero-order valence-corrected chi connectivity index (χ0v) is 12.4. The van der Waals surface area contributed by atoms with Crippen molar-refractivity contribution in [2.24, 2.45) is 17.3 Å². The van der Waals surface area contributed by atoms with Crippen LogP contribution in [0.1, 0.15) is 58.3 Å². The van der Waals surface area contributed by atoms with Crippen LogP contribution in [0.3, 0.4) is 0 Å². The van der Waals surface area contributed by atoms with Gasteiger partial charge in [0.2, 0.25) is 0 Å². The maximum Gasteiger partial charge on any atom is 0.0599 e. The van der Waals surface area contributed by atoms with E-state index in [0.717, 1.165) is 32.1 Å². The minimum atomic E-state index is -0.106. The summed E-state index contributed by atoms with van der Waals surface area (Å²) in [6, 6.07) is 0. The largest absolute Gasteiger partial charge is 0.393 e. The smallest absolute Gasteiger partial charge is 0.0599 e. The molecule has 110 valence electrons.